The number of aliphatic carboxylic acids is 1. The fourth-order valence-corrected chi connectivity index (χ4v) is 0.557. The molecule has 0 unspecified atom stereocenters. The average Bonchev–Trinajstić information content (AvgIpc) is 2.39. The van der Waals surface area contributed by atoms with Crippen LogP contribution in [0.5, 0.6) is 5.75 Å². The Balaban J connectivity index is 0. The van der Waals surface area contributed by atoms with Crippen LogP contribution in [-0.2, 0) is 4.79 Å². The zero-order valence-electron chi connectivity index (χ0n) is 10.1. The normalized spacial score (nSPS) is 9.37. The van der Waals surface area contributed by atoms with E-state index in [0.717, 1.165) is 17.3 Å². The van der Waals surface area contributed by atoms with Gasteiger partial charge in [-0.3, -0.25) is 0 Å². The number of alkyl halides is 3. The van der Waals surface area contributed by atoms with Crippen LogP contribution in [0, 0.1) is 0 Å². The van der Waals surface area contributed by atoms with Gasteiger partial charge in [-0.1, -0.05) is 18.2 Å². The van der Waals surface area contributed by atoms with Crippen molar-refractivity contribution in [3.05, 3.63) is 30.3 Å². The number of halogens is 3. The van der Waals surface area contributed by atoms with Crippen molar-refractivity contribution in [3.63, 3.8) is 0 Å². The van der Waals surface area contributed by atoms with Crippen LogP contribution >= 0.6 is 25.3 Å². The molecular formula is C11H15F3O3S2. The molecule has 8 heteroatoms. The molecule has 1 aromatic rings. The van der Waals surface area contributed by atoms with E-state index in [2.05, 4.69) is 25.3 Å². The molecule has 0 aliphatic rings. The predicted molar refractivity (Wildman–Crippen MR) is 74.4 cm³/mol. The number of ether oxygens (including phenoxy) is 1. The van der Waals surface area contributed by atoms with Crippen LogP contribution < -0.4 is 4.74 Å². The Bertz CT molecular complexity index is 330. The molecule has 1 aromatic carbocycles. The van der Waals surface area contributed by atoms with E-state index in [9.17, 15) is 13.2 Å². The molecule has 3 nitrogen and oxygen atoms in total. The number of carboxylic acid groups (broad SMARTS) is 1. The lowest BCUT2D eigenvalue weighted by Crippen LogP contribution is -2.21. The van der Waals surface area contributed by atoms with E-state index in [1.54, 1.807) is 7.11 Å². The van der Waals surface area contributed by atoms with Crippen molar-refractivity contribution in [2.24, 2.45) is 0 Å². The third kappa shape index (κ3) is 14.9. The van der Waals surface area contributed by atoms with Gasteiger partial charge >= 0.3 is 12.1 Å². The largest absolute Gasteiger partial charge is 0.497 e. The van der Waals surface area contributed by atoms with Gasteiger partial charge in [0.05, 0.1) is 7.11 Å². The Morgan fingerprint density at radius 3 is 1.74 bits per heavy atom. The summed E-state index contributed by atoms with van der Waals surface area (Å²) in [4.78, 5) is 8.90. The number of rotatable bonds is 2. The molecule has 1 N–H and O–H groups in total. The molecule has 0 radical (unpaired) electrons. The second-order valence-electron chi connectivity index (χ2n) is 2.77. The van der Waals surface area contributed by atoms with Gasteiger partial charge in [-0.25, -0.2) is 4.79 Å². The Morgan fingerprint density at radius 1 is 1.21 bits per heavy atom. The molecule has 19 heavy (non-hydrogen) atoms. The summed E-state index contributed by atoms with van der Waals surface area (Å²) in [6, 6.07) is 9.68. The molecule has 1 rings (SSSR count). The number of carbonyl (C=O) groups is 1. The van der Waals surface area contributed by atoms with Crippen molar-refractivity contribution >= 4 is 31.2 Å². The lowest BCUT2D eigenvalue weighted by Gasteiger charge is -1.93. The molecule has 0 fully saturated rings. The van der Waals surface area contributed by atoms with Crippen LogP contribution in [0.3, 0.4) is 0 Å². The zero-order chi connectivity index (χ0) is 15.3. The first-order valence-electron chi connectivity index (χ1n) is 4.90. The molecule has 0 saturated heterocycles. The predicted octanol–water partition coefficient (Wildman–Crippen LogP) is 3.17. The van der Waals surface area contributed by atoms with E-state index in [4.69, 9.17) is 14.6 Å². The monoisotopic (exact) mass is 316 g/mol. The zero-order valence-corrected chi connectivity index (χ0v) is 11.9. The smallest absolute Gasteiger partial charge is 0.490 e. The van der Waals surface area contributed by atoms with E-state index in [0.29, 0.717) is 0 Å². The van der Waals surface area contributed by atoms with Crippen molar-refractivity contribution in [2.45, 2.75) is 6.18 Å². The molecule has 0 spiro atoms. The standard InChI is InChI=1S/C7H8O.C2HF3O2.C2H6S2/c1-8-7-5-3-2-4-6-7;3-2(4,5)1(6)7;3-1-2-4/h2-6H,1H3;(H,6,7);3-4H,1-2H2. The lowest BCUT2D eigenvalue weighted by molar-refractivity contribution is -0.192. The van der Waals surface area contributed by atoms with Crippen LogP contribution in [-0.4, -0.2) is 35.9 Å². The van der Waals surface area contributed by atoms with Crippen LogP contribution in [0.1, 0.15) is 0 Å². The van der Waals surface area contributed by atoms with Crippen molar-refractivity contribution in [1.29, 1.82) is 0 Å². The van der Waals surface area contributed by atoms with Gasteiger partial charge in [0.2, 0.25) is 0 Å². The minimum absolute atomic E-state index is 0.878. The Hall–Kier alpha value is -1.02. The number of para-hydroxylation sites is 1. The van der Waals surface area contributed by atoms with Gasteiger partial charge in [0.25, 0.3) is 0 Å². The summed E-state index contributed by atoms with van der Waals surface area (Å²) >= 11 is 7.69. The summed E-state index contributed by atoms with van der Waals surface area (Å²) in [5.74, 6) is -0.0910. The second kappa shape index (κ2) is 12.0. The number of thiol groups is 2. The Morgan fingerprint density at radius 2 is 1.58 bits per heavy atom. The first-order valence-corrected chi connectivity index (χ1v) is 6.17. The number of hydrogen-bond acceptors (Lipinski definition) is 4. The van der Waals surface area contributed by atoms with Gasteiger partial charge in [-0.15, -0.1) is 0 Å². The quantitative estimate of drug-likeness (QED) is 0.735. The molecule has 0 aromatic heterocycles. The molecule has 0 bridgehead atoms. The number of benzene rings is 1. The Labute approximate surface area is 120 Å². The van der Waals surface area contributed by atoms with Crippen LogP contribution in [0.15, 0.2) is 30.3 Å². The summed E-state index contributed by atoms with van der Waals surface area (Å²) in [6.45, 7) is 0. The highest BCUT2D eigenvalue weighted by molar-refractivity contribution is 7.84. The number of hydrogen-bond donors (Lipinski definition) is 3. The minimum Gasteiger partial charge on any atom is -0.497 e. The summed E-state index contributed by atoms with van der Waals surface area (Å²) in [5.41, 5.74) is 0. The summed E-state index contributed by atoms with van der Waals surface area (Å²) < 4.78 is 36.7. The van der Waals surface area contributed by atoms with Gasteiger partial charge < -0.3 is 9.84 Å². The van der Waals surface area contributed by atoms with Crippen LogP contribution in [0.25, 0.3) is 0 Å². The van der Waals surface area contributed by atoms with Gasteiger partial charge in [-0.2, -0.15) is 38.4 Å². The van der Waals surface area contributed by atoms with E-state index >= 15 is 0 Å². The fourth-order valence-electron chi connectivity index (χ4n) is 0.557. The molecule has 0 aliphatic heterocycles. The maximum atomic E-state index is 10.6. The van der Waals surface area contributed by atoms with Crippen molar-refractivity contribution in [1.82, 2.24) is 0 Å². The molecule has 0 atom stereocenters. The highest BCUT2D eigenvalue weighted by atomic mass is 32.1. The van der Waals surface area contributed by atoms with E-state index < -0.39 is 12.1 Å². The minimum atomic E-state index is -5.08. The lowest BCUT2D eigenvalue weighted by atomic mass is 10.3. The maximum absolute atomic E-state index is 10.6. The molecule has 0 heterocycles. The van der Waals surface area contributed by atoms with Crippen molar-refractivity contribution in [2.75, 3.05) is 18.6 Å². The van der Waals surface area contributed by atoms with Crippen LogP contribution in [0.4, 0.5) is 13.2 Å². The van der Waals surface area contributed by atoms with Crippen molar-refractivity contribution < 1.29 is 27.8 Å². The summed E-state index contributed by atoms with van der Waals surface area (Å²) in [7, 11) is 1.66. The molecular weight excluding hydrogens is 301 g/mol. The van der Waals surface area contributed by atoms with E-state index in [1.165, 1.54) is 0 Å². The average molecular weight is 316 g/mol. The topological polar surface area (TPSA) is 46.5 Å². The fraction of sp³-hybridized carbons (Fsp3) is 0.364. The first kappa shape index (κ1) is 20.3. The van der Waals surface area contributed by atoms with Gasteiger partial charge in [0, 0.05) is 0 Å². The summed E-state index contributed by atoms with van der Waals surface area (Å²) in [6.07, 6.45) is -5.08. The molecule has 0 aliphatic carbocycles. The van der Waals surface area contributed by atoms with Crippen LogP contribution in [0.2, 0.25) is 0 Å². The SMILES string of the molecule is COc1ccccc1.O=C(O)C(F)(F)F.SCCS. The Kier molecular flexibility index (Phi) is 12.9. The highest BCUT2D eigenvalue weighted by Gasteiger charge is 2.38. The molecule has 110 valence electrons. The molecule has 0 saturated carbocycles. The summed E-state index contributed by atoms with van der Waals surface area (Å²) in [5, 5.41) is 7.12. The van der Waals surface area contributed by atoms with E-state index in [-0.39, 0.29) is 0 Å². The van der Waals surface area contributed by atoms with Crippen molar-refractivity contribution in [3.8, 4) is 5.75 Å². The first-order chi connectivity index (χ1) is 8.79. The van der Waals surface area contributed by atoms with Gasteiger partial charge in [0.1, 0.15) is 5.75 Å². The number of methoxy groups -OCH3 is 1. The third-order valence-corrected chi connectivity index (χ3v) is 2.12. The third-order valence-electron chi connectivity index (χ3n) is 1.32. The second-order valence-corrected chi connectivity index (χ2v) is 3.66. The maximum Gasteiger partial charge on any atom is 0.490 e. The number of carboxylic acids is 1. The van der Waals surface area contributed by atoms with E-state index in [1.807, 2.05) is 30.3 Å². The molecule has 0 amide bonds. The van der Waals surface area contributed by atoms with Gasteiger partial charge in [-0.05, 0) is 23.6 Å². The van der Waals surface area contributed by atoms with Gasteiger partial charge in [0.15, 0.2) is 0 Å². The highest BCUT2D eigenvalue weighted by Crippen LogP contribution is 2.13.